The van der Waals surface area contributed by atoms with Gasteiger partial charge < -0.3 is 5.32 Å². The number of pyridine rings is 1. The molecule has 0 fully saturated rings. The minimum atomic E-state index is -0.826. The van der Waals surface area contributed by atoms with Crippen LogP contribution in [0.2, 0.25) is 5.02 Å². The first-order chi connectivity index (χ1) is 19.0. The molecule has 2 aliphatic rings. The van der Waals surface area contributed by atoms with Crippen molar-refractivity contribution in [2.45, 2.75) is 24.8 Å². The number of amides is 2. The van der Waals surface area contributed by atoms with Gasteiger partial charge >= 0.3 is 0 Å². The van der Waals surface area contributed by atoms with Crippen molar-refractivity contribution >= 4 is 57.5 Å². The van der Waals surface area contributed by atoms with E-state index in [4.69, 9.17) is 16.6 Å². The number of hydrogen-bond acceptors (Lipinski definition) is 7. The van der Waals surface area contributed by atoms with Crippen LogP contribution in [0.1, 0.15) is 23.2 Å². The van der Waals surface area contributed by atoms with Gasteiger partial charge in [0.25, 0.3) is 11.5 Å². The molecular formula is C28H21ClN6O3S. The SMILES string of the molecule is O=C(CC1C(=O)N=C2c3ccccc3N=C(SCc3cc(=O)n4cc(Cl)ccc4n3)N21)NCc1ccccc1. The Hall–Kier alpha value is -4.28. The molecular weight excluding hydrogens is 536 g/mol. The third-order valence-electron chi connectivity index (χ3n) is 6.35. The lowest BCUT2D eigenvalue weighted by atomic mass is 10.1. The summed E-state index contributed by atoms with van der Waals surface area (Å²) in [4.78, 5) is 54.0. The Balaban J connectivity index is 1.25. The van der Waals surface area contributed by atoms with E-state index in [2.05, 4.69) is 15.3 Å². The van der Waals surface area contributed by atoms with Crippen LogP contribution in [0.5, 0.6) is 0 Å². The van der Waals surface area contributed by atoms with Crippen molar-refractivity contribution < 1.29 is 9.59 Å². The van der Waals surface area contributed by atoms with Gasteiger partial charge in [-0.2, -0.15) is 4.99 Å². The second-order valence-corrected chi connectivity index (χ2v) is 10.4. The highest BCUT2D eigenvalue weighted by atomic mass is 35.5. The van der Waals surface area contributed by atoms with Gasteiger partial charge in [-0.3, -0.25) is 23.7 Å². The van der Waals surface area contributed by atoms with Gasteiger partial charge in [0.15, 0.2) is 5.17 Å². The summed E-state index contributed by atoms with van der Waals surface area (Å²) in [6.07, 6.45) is 1.45. The van der Waals surface area contributed by atoms with E-state index in [-0.39, 0.29) is 17.9 Å². The summed E-state index contributed by atoms with van der Waals surface area (Å²) in [5.41, 5.74) is 3.14. The van der Waals surface area contributed by atoms with Gasteiger partial charge in [-0.1, -0.05) is 65.8 Å². The van der Waals surface area contributed by atoms with Crippen LogP contribution in [-0.4, -0.2) is 43.1 Å². The molecule has 2 aliphatic heterocycles. The first-order valence-corrected chi connectivity index (χ1v) is 13.5. The molecule has 1 unspecified atom stereocenters. The number of benzene rings is 2. The molecule has 4 aromatic rings. The standard InChI is InChI=1S/C28H21ClN6O3S/c29-18-10-11-23-31-19(12-25(37)34(23)15-18)16-39-28-32-21-9-5-4-8-20(21)26-33-27(38)22(35(26)28)13-24(36)30-14-17-6-2-1-3-7-17/h1-12,15,22H,13-14,16H2,(H,30,36). The average molecular weight is 557 g/mol. The topological polar surface area (TPSA) is 108 Å². The van der Waals surface area contributed by atoms with Crippen molar-refractivity contribution in [1.82, 2.24) is 19.6 Å². The molecule has 2 aromatic carbocycles. The number of aliphatic imine (C=N–C) groups is 2. The number of aromatic nitrogens is 2. The number of carbonyl (C=O) groups excluding carboxylic acids is 2. The Kier molecular flexibility index (Phi) is 6.72. The summed E-state index contributed by atoms with van der Waals surface area (Å²) in [6, 6.07) is 21.0. The normalized spacial score (nSPS) is 16.0. The van der Waals surface area contributed by atoms with Crippen LogP contribution >= 0.6 is 23.4 Å². The first kappa shape index (κ1) is 25.0. The number of nitrogens with one attached hydrogen (secondary N) is 1. The molecule has 0 spiro atoms. The van der Waals surface area contributed by atoms with Crippen LogP contribution in [0.25, 0.3) is 5.65 Å². The molecule has 0 aliphatic carbocycles. The van der Waals surface area contributed by atoms with Crippen molar-refractivity contribution in [2.75, 3.05) is 0 Å². The van der Waals surface area contributed by atoms with Gasteiger partial charge in [-0.25, -0.2) is 9.98 Å². The van der Waals surface area contributed by atoms with Gasteiger partial charge in [0.1, 0.15) is 17.5 Å². The number of carbonyl (C=O) groups is 2. The Bertz CT molecular complexity index is 1740. The monoisotopic (exact) mass is 556 g/mol. The zero-order valence-corrected chi connectivity index (χ0v) is 22.0. The first-order valence-electron chi connectivity index (χ1n) is 12.2. The van der Waals surface area contributed by atoms with Crippen LogP contribution in [0.3, 0.4) is 0 Å². The van der Waals surface area contributed by atoms with Crippen LogP contribution in [0, 0.1) is 0 Å². The summed E-state index contributed by atoms with van der Waals surface area (Å²) >= 11 is 7.35. The molecule has 9 nitrogen and oxygen atoms in total. The molecule has 0 saturated heterocycles. The largest absolute Gasteiger partial charge is 0.352 e. The van der Waals surface area contributed by atoms with Gasteiger partial charge in [-0.05, 0) is 29.8 Å². The lowest BCUT2D eigenvalue weighted by Crippen LogP contribution is -2.45. The number of para-hydroxylation sites is 1. The van der Waals surface area contributed by atoms with Crippen LogP contribution in [0.15, 0.2) is 93.8 Å². The minimum absolute atomic E-state index is 0.0727. The highest BCUT2D eigenvalue weighted by molar-refractivity contribution is 8.13. The average Bonchev–Trinajstić information content (AvgIpc) is 3.27. The van der Waals surface area contributed by atoms with Crippen molar-refractivity contribution in [3.8, 4) is 0 Å². The van der Waals surface area contributed by atoms with E-state index in [9.17, 15) is 14.4 Å². The molecule has 4 heterocycles. The summed E-state index contributed by atoms with van der Waals surface area (Å²) in [7, 11) is 0. The number of thioether (sulfide) groups is 1. The molecule has 1 atom stereocenters. The van der Waals surface area contributed by atoms with Crippen molar-refractivity contribution in [2.24, 2.45) is 9.98 Å². The highest BCUT2D eigenvalue weighted by Crippen LogP contribution is 2.35. The van der Waals surface area contributed by atoms with Crippen LogP contribution < -0.4 is 10.9 Å². The quantitative estimate of drug-likeness (QED) is 0.385. The molecule has 1 N–H and O–H groups in total. The Morgan fingerprint density at radius 1 is 1.00 bits per heavy atom. The second-order valence-electron chi connectivity index (χ2n) is 8.99. The smallest absolute Gasteiger partial charge is 0.271 e. The van der Waals surface area contributed by atoms with E-state index in [0.717, 1.165) is 11.1 Å². The van der Waals surface area contributed by atoms with Gasteiger partial charge in [-0.15, -0.1) is 0 Å². The van der Waals surface area contributed by atoms with E-state index in [1.54, 1.807) is 17.0 Å². The van der Waals surface area contributed by atoms with Crippen LogP contribution in [0.4, 0.5) is 5.69 Å². The van der Waals surface area contributed by atoms with Gasteiger partial charge in [0, 0.05) is 30.1 Å². The molecule has 2 aromatic heterocycles. The predicted octanol–water partition coefficient (Wildman–Crippen LogP) is 3.95. The number of amidine groups is 2. The second kappa shape index (κ2) is 10.5. The molecule has 11 heteroatoms. The zero-order chi connectivity index (χ0) is 26.9. The highest BCUT2D eigenvalue weighted by Gasteiger charge is 2.42. The lowest BCUT2D eigenvalue weighted by molar-refractivity contribution is -0.126. The zero-order valence-electron chi connectivity index (χ0n) is 20.5. The predicted molar refractivity (Wildman–Crippen MR) is 151 cm³/mol. The maximum atomic E-state index is 13.1. The van der Waals surface area contributed by atoms with E-state index < -0.39 is 11.9 Å². The van der Waals surface area contributed by atoms with Crippen molar-refractivity contribution in [1.29, 1.82) is 0 Å². The van der Waals surface area contributed by atoms with E-state index in [0.29, 0.717) is 45.4 Å². The number of fused-ring (bicyclic) bond motifs is 4. The Morgan fingerprint density at radius 2 is 1.79 bits per heavy atom. The van der Waals surface area contributed by atoms with E-state index in [1.807, 2.05) is 54.6 Å². The third kappa shape index (κ3) is 5.08. The number of rotatable bonds is 6. The van der Waals surface area contributed by atoms with Crippen molar-refractivity contribution in [3.63, 3.8) is 0 Å². The summed E-state index contributed by atoms with van der Waals surface area (Å²) in [6.45, 7) is 0.362. The number of halogens is 1. The Labute approximate surface area is 232 Å². The summed E-state index contributed by atoms with van der Waals surface area (Å²) < 4.78 is 1.39. The maximum absolute atomic E-state index is 13.1. The molecule has 39 heavy (non-hydrogen) atoms. The van der Waals surface area contributed by atoms with Gasteiger partial charge in [0.2, 0.25) is 5.91 Å². The lowest BCUT2D eigenvalue weighted by Gasteiger charge is -2.30. The van der Waals surface area contributed by atoms with Gasteiger partial charge in [0.05, 0.1) is 22.8 Å². The Morgan fingerprint density at radius 3 is 2.64 bits per heavy atom. The molecule has 2 amide bonds. The number of hydrogen-bond donors (Lipinski definition) is 1. The summed E-state index contributed by atoms with van der Waals surface area (Å²) in [5.74, 6) is 0.124. The van der Waals surface area contributed by atoms with E-state index >= 15 is 0 Å². The molecule has 0 bridgehead atoms. The third-order valence-corrected chi connectivity index (χ3v) is 7.55. The molecule has 0 saturated carbocycles. The molecule has 0 radical (unpaired) electrons. The number of nitrogens with zero attached hydrogens (tertiary/aromatic N) is 5. The fraction of sp³-hybridized carbons (Fsp3) is 0.143. The fourth-order valence-electron chi connectivity index (χ4n) is 4.49. The van der Waals surface area contributed by atoms with Crippen LogP contribution in [-0.2, 0) is 21.9 Å². The molecule has 194 valence electrons. The maximum Gasteiger partial charge on any atom is 0.271 e. The van der Waals surface area contributed by atoms with E-state index in [1.165, 1.54) is 28.4 Å². The fourth-order valence-corrected chi connectivity index (χ4v) is 5.59. The summed E-state index contributed by atoms with van der Waals surface area (Å²) in [5, 5.41) is 3.84. The van der Waals surface area contributed by atoms with Crippen molar-refractivity contribution in [3.05, 3.63) is 111 Å². The molecule has 6 rings (SSSR count). The minimum Gasteiger partial charge on any atom is -0.352 e.